The van der Waals surface area contributed by atoms with Gasteiger partial charge >= 0.3 is 0 Å². The van der Waals surface area contributed by atoms with Crippen LogP contribution in [0.3, 0.4) is 0 Å². The molecule has 4 heteroatoms. The van der Waals surface area contributed by atoms with Crippen molar-refractivity contribution < 1.29 is 9.59 Å². The third-order valence-electron chi connectivity index (χ3n) is 4.67. The van der Waals surface area contributed by atoms with Gasteiger partial charge in [0.15, 0.2) is 0 Å². The third-order valence-corrected chi connectivity index (χ3v) is 4.67. The number of nitrogens with zero attached hydrogens (tertiary/aromatic N) is 1. The summed E-state index contributed by atoms with van der Waals surface area (Å²) >= 11 is 0. The second kappa shape index (κ2) is 6.55. The van der Waals surface area contributed by atoms with Crippen molar-refractivity contribution in [2.75, 3.05) is 16.8 Å². The average Bonchev–Trinajstić information content (AvgIpc) is 3.40. The number of nitrogens with one attached hydrogen (secondary N) is 1. The van der Waals surface area contributed by atoms with Crippen LogP contribution in [0.15, 0.2) is 54.6 Å². The van der Waals surface area contributed by atoms with Crippen LogP contribution in [0.2, 0.25) is 0 Å². The van der Waals surface area contributed by atoms with E-state index >= 15 is 0 Å². The maximum absolute atomic E-state index is 12.4. The van der Waals surface area contributed by atoms with Crippen LogP contribution in [0.5, 0.6) is 0 Å². The molecule has 0 unspecified atom stereocenters. The Morgan fingerprint density at radius 2 is 1.88 bits per heavy atom. The molecule has 1 aliphatic carbocycles. The van der Waals surface area contributed by atoms with E-state index in [1.807, 2.05) is 53.4 Å². The monoisotopic (exact) mass is 332 g/mol. The highest BCUT2D eigenvalue weighted by Crippen LogP contribution is 2.37. The normalized spacial score (nSPS) is 16.1. The standard InChI is InChI=1S/C21H20N2O2/c24-20(11-6-15-4-2-1-3-5-15)22-18-10-9-16-12-13-23(19(16)14-18)21(25)17-7-8-17/h1-6,9-11,14,17H,7-8,12-13H2,(H,22,24)/b11-6+. The molecule has 2 amide bonds. The van der Waals surface area contributed by atoms with Crippen LogP contribution in [0.25, 0.3) is 6.08 Å². The van der Waals surface area contributed by atoms with Crippen LogP contribution in [-0.4, -0.2) is 18.4 Å². The largest absolute Gasteiger partial charge is 0.322 e. The first kappa shape index (κ1) is 15.6. The van der Waals surface area contributed by atoms with Gasteiger partial charge in [-0.1, -0.05) is 36.4 Å². The van der Waals surface area contributed by atoms with Crippen LogP contribution in [0.4, 0.5) is 11.4 Å². The van der Waals surface area contributed by atoms with Crippen LogP contribution < -0.4 is 10.2 Å². The van der Waals surface area contributed by atoms with Crippen LogP contribution in [-0.2, 0) is 16.0 Å². The Hall–Kier alpha value is -2.88. The van der Waals surface area contributed by atoms with E-state index in [9.17, 15) is 9.59 Å². The van der Waals surface area contributed by atoms with Crippen LogP contribution in [0.1, 0.15) is 24.0 Å². The molecule has 1 aliphatic heterocycles. The molecular formula is C21H20N2O2. The molecule has 0 aromatic heterocycles. The molecule has 2 aromatic rings. The summed E-state index contributed by atoms with van der Waals surface area (Å²) in [6.45, 7) is 0.746. The number of rotatable bonds is 4. The Morgan fingerprint density at radius 3 is 2.64 bits per heavy atom. The lowest BCUT2D eigenvalue weighted by Crippen LogP contribution is -2.30. The Kier molecular flexibility index (Phi) is 4.10. The number of hydrogen-bond donors (Lipinski definition) is 1. The lowest BCUT2D eigenvalue weighted by molar-refractivity contribution is -0.119. The summed E-state index contributed by atoms with van der Waals surface area (Å²) in [5.74, 6) is 0.256. The van der Waals surface area contributed by atoms with Crippen molar-refractivity contribution in [1.82, 2.24) is 0 Å². The lowest BCUT2D eigenvalue weighted by Gasteiger charge is -2.17. The van der Waals surface area contributed by atoms with Crippen LogP contribution >= 0.6 is 0 Å². The number of benzene rings is 2. The first-order chi connectivity index (χ1) is 12.2. The molecule has 0 atom stereocenters. The van der Waals surface area contributed by atoms with Crippen molar-refractivity contribution in [1.29, 1.82) is 0 Å². The van der Waals surface area contributed by atoms with E-state index in [4.69, 9.17) is 0 Å². The van der Waals surface area contributed by atoms with Gasteiger partial charge in [-0.3, -0.25) is 9.59 Å². The summed E-state index contributed by atoms with van der Waals surface area (Å²) < 4.78 is 0. The van der Waals surface area contributed by atoms with Crippen molar-refractivity contribution in [3.05, 3.63) is 65.7 Å². The van der Waals surface area contributed by atoms with E-state index in [1.54, 1.807) is 6.08 Å². The number of fused-ring (bicyclic) bond motifs is 1. The molecule has 25 heavy (non-hydrogen) atoms. The molecule has 1 saturated carbocycles. The molecule has 126 valence electrons. The Balaban J connectivity index is 1.46. The highest BCUT2D eigenvalue weighted by molar-refractivity contribution is 6.03. The quantitative estimate of drug-likeness (QED) is 0.869. The van der Waals surface area contributed by atoms with E-state index in [0.29, 0.717) is 0 Å². The molecular weight excluding hydrogens is 312 g/mol. The molecule has 2 aromatic carbocycles. The molecule has 0 bridgehead atoms. The summed E-state index contributed by atoms with van der Waals surface area (Å²) in [5.41, 5.74) is 3.82. The maximum Gasteiger partial charge on any atom is 0.248 e. The van der Waals surface area contributed by atoms with Gasteiger partial charge in [-0.25, -0.2) is 0 Å². The summed E-state index contributed by atoms with van der Waals surface area (Å²) in [4.78, 5) is 26.4. The second-order valence-electron chi connectivity index (χ2n) is 6.59. The van der Waals surface area contributed by atoms with E-state index in [2.05, 4.69) is 5.32 Å². The predicted molar refractivity (Wildman–Crippen MR) is 99.3 cm³/mol. The molecule has 1 N–H and O–H groups in total. The molecule has 0 saturated heterocycles. The minimum absolute atomic E-state index is 0.179. The molecule has 0 radical (unpaired) electrons. The van der Waals surface area contributed by atoms with Crippen molar-refractivity contribution in [2.24, 2.45) is 5.92 Å². The number of anilines is 2. The topological polar surface area (TPSA) is 49.4 Å². The van der Waals surface area contributed by atoms with Gasteiger partial charge in [0.25, 0.3) is 0 Å². The number of carbonyl (C=O) groups is 2. The summed E-state index contributed by atoms with van der Waals surface area (Å²) in [7, 11) is 0. The smallest absolute Gasteiger partial charge is 0.248 e. The average molecular weight is 332 g/mol. The highest BCUT2D eigenvalue weighted by Gasteiger charge is 2.36. The first-order valence-electron chi connectivity index (χ1n) is 8.69. The van der Waals surface area contributed by atoms with Gasteiger partial charge < -0.3 is 10.2 Å². The van der Waals surface area contributed by atoms with Gasteiger partial charge in [-0.15, -0.1) is 0 Å². The fraction of sp³-hybridized carbons (Fsp3) is 0.238. The lowest BCUT2D eigenvalue weighted by atomic mass is 10.1. The molecule has 1 fully saturated rings. The van der Waals surface area contributed by atoms with Gasteiger partial charge in [-0.05, 0) is 48.6 Å². The SMILES string of the molecule is O=C(/C=C/c1ccccc1)Nc1ccc2c(c1)N(C(=O)C1CC1)CC2. The molecule has 1 heterocycles. The molecule has 4 nitrogen and oxygen atoms in total. The van der Waals surface area contributed by atoms with Gasteiger partial charge in [0, 0.05) is 29.9 Å². The van der Waals surface area contributed by atoms with Gasteiger partial charge in [0.2, 0.25) is 11.8 Å². The summed E-state index contributed by atoms with van der Waals surface area (Å²) in [6.07, 6.45) is 6.20. The second-order valence-corrected chi connectivity index (χ2v) is 6.59. The Morgan fingerprint density at radius 1 is 1.08 bits per heavy atom. The third kappa shape index (κ3) is 3.48. The van der Waals surface area contributed by atoms with Crippen molar-refractivity contribution in [2.45, 2.75) is 19.3 Å². The van der Waals surface area contributed by atoms with Gasteiger partial charge in [0.05, 0.1) is 0 Å². The molecule has 2 aliphatic rings. The van der Waals surface area contributed by atoms with E-state index < -0.39 is 0 Å². The zero-order valence-corrected chi connectivity index (χ0v) is 13.9. The van der Waals surface area contributed by atoms with Crippen molar-refractivity contribution in [3.63, 3.8) is 0 Å². The van der Waals surface area contributed by atoms with Crippen LogP contribution in [0, 0.1) is 5.92 Å². The Labute approximate surface area is 147 Å². The van der Waals surface area contributed by atoms with Gasteiger partial charge in [-0.2, -0.15) is 0 Å². The minimum atomic E-state index is -0.179. The number of hydrogen-bond acceptors (Lipinski definition) is 2. The van der Waals surface area contributed by atoms with E-state index in [0.717, 1.165) is 42.7 Å². The first-order valence-corrected chi connectivity index (χ1v) is 8.69. The maximum atomic E-state index is 12.4. The van der Waals surface area contributed by atoms with Gasteiger partial charge in [0.1, 0.15) is 0 Å². The molecule has 4 rings (SSSR count). The van der Waals surface area contributed by atoms with Crippen molar-refractivity contribution in [3.8, 4) is 0 Å². The van der Waals surface area contributed by atoms with E-state index in [1.165, 1.54) is 11.6 Å². The van der Waals surface area contributed by atoms with E-state index in [-0.39, 0.29) is 17.7 Å². The summed E-state index contributed by atoms with van der Waals surface area (Å²) in [6, 6.07) is 15.5. The zero-order chi connectivity index (χ0) is 17.2. The number of carbonyl (C=O) groups excluding carboxylic acids is 2. The van der Waals surface area contributed by atoms with Crippen molar-refractivity contribution >= 4 is 29.3 Å². The fourth-order valence-electron chi connectivity index (χ4n) is 3.16. The zero-order valence-electron chi connectivity index (χ0n) is 13.9. The minimum Gasteiger partial charge on any atom is -0.322 e. The predicted octanol–water partition coefficient (Wildman–Crippen LogP) is 3.64. The Bertz CT molecular complexity index is 838. The fourth-order valence-corrected chi connectivity index (χ4v) is 3.16. The number of amides is 2. The highest BCUT2D eigenvalue weighted by atomic mass is 16.2. The summed E-state index contributed by atoms with van der Waals surface area (Å²) in [5, 5.41) is 2.88. The molecule has 0 spiro atoms.